The first kappa shape index (κ1) is 15.6. The molecule has 0 saturated carbocycles. The Morgan fingerprint density at radius 3 is 2.33 bits per heavy atom. The van der Waals surface area contributed by atoms with Crippen LogP contribution in [-0.2, 0) is 6.54 Å². The molecular formula is C18H15FN4O. The highest BCUT2D eigenvalue weighted by Crippen LogP contribution is 2.10. The molecule has 0 aliphatic heterocycles. The van der Waals surface area contributed by atoms with Crippen molar-refractivity contribution in [2.24, 2.45) is 0 Å². The minimum atomic E-state index is -0.290. The third kappa shape index (κ3) is 3.92. The molecule has 3 rings (SSSR count). The van der Waals surface area contributed by atoms with Gasteiger partial charge in [-0.2, -0.15) is 0 Å². The lowest BCUT2D eigenvalue weighted by Crippen LogP contribution is -2.13. The van der Waals surface area contributed by atoms with E-state index >= 15 is 0 Å². The van der Waals surface area contributed by atoms with Crippen LogP contribution in [-0.4, -0.2) is 15.9 Å². The number of hydrogen-bond donors (Lipinski definition) is 2. The molecule has 2 N–H and O–H groups in total. The smallest absolute Gasteiger partial charge is 0.258 e. The molecule has 0 bridgehead atoms. The van der Waals surface area contributed by atoms with E-state index in [1.165, 1.54) is 18.5 Å². The maximum absolute atomic E-state index is 13.5. The fraction of sp³-hybridized carbons (Fsp3) is 0.0556. The van der Waals surface area contributed by atoms with Crippen molar-refractivity contribution in [3.05, 3.63) is 83.9 Å². The summed E-state index contributed by atoms with van der Waals surface area (Å²) in [4.78, 5) is 20.2. The average Bonchev–Trinajstić information content (AvgIpc) is 2.62. The van der Waals surface area contributed by atoms with Gasteiger partial charge in [-0.15, -0.1) is 0 Å². The second-order valence-electron chi connectivity index (χ2n) is 5.06. The molecule has 24 heavy (non-hydrogen) atoms. The third-order valence-corrected chi connectivity index (χ3v) is 3.34. The maximum atomic E-state index is 13.5. The van der Waals surface area contributed by atoms with Gasteiger partial charge in [0.15, 0.2) is 0 Å². The molecule has 3 aromatic rings. The number of anilines is 2. The second kappa shape index (κ2) is 7.32. The zero-order valence-electron chi connectivity index (χ0n) is 12.7. The van der Waals surface area contributed by atoms with Gasteiger partial charge in [-0.25, -0.2) is 14.4 Å². The van der Waals surface area contributed by atoms with Crippen molar-refractivity contribution in [3.63, 3.8) is 0 Å². The number of hydrogen-bond acceptors (Lipinski definition) is 4. The summed E-state index contributed by atoms with van der Waals surface area (Å²) in [6.45, 7) is 0.266. The lowest BCUT2D eigenvalue weighted by Gasteiger charge is -2.07. The van der Waals surface area contributed by atoms with Gasteiger partial charge in [-0.3, -0.25) is 4.79 Å². The number of halogens is 1. The van der Waals surface area contributed by atoms with Crippen molar-refractivity contribution >= 4 is 17.5 Å². The van der Waals surface area contributed by atoms with E-state index in [1.54, 1.807) is 30.3 Å². The SMILES string of the molecule is O=C(Nc1ccccc1)c1cnc(NCc2ccccc2F)nc1. The van der Waals surface area contributed by atoms with Crippen molar-refractivity contribution in [2.45, 2.75) is 6.54 Å². The van der Waals surface area contributed by atoms with Gasteiger partial charge in [-0.05, 0) is 18.2 Å². The minimum absolute atomic E-state index is 0.266. The van der Waals surface area contributed by atoms with Crippen molar-refractivity contribution in [3.8, 4) is 0 Å². The Morgan fingerprint density at radius 2 is 1.62 bits per heavy atom. The Morgan fingerprint density at radius 1 is 0.958 bits per heavy atom. The summed E-state index contributed by atoms with van der Waals surface area (Å²) in [5.41, 5.74) is 1.56. The van der Waals surface area contributed by atoms with Crippen LogP contribution in [0.25, 0.3) is 0 Å². The zero-order valence-corrected chi connectivity index (χ0v) is 12.7. The van der Waals surface area contributed by atoms with E-state index in [4.69, 9.17) is 0 Å². The van der Waals surface area contributed by atoms with Gasteiger partial charge in [0.1, 0.15) is 5.82 Å². The van der Waals surface area contributed by atoms with Gasteiger partial charge >= 0.3 is 0 Å². The summed E-state index contributed by atoms with van der Waals surface area (Å²) in [6, 6.07) is 15.6. The number of carbonyl (C=O) groups is 1. The Balaban J connectivity index is 1.61. The van der Waals surface area contributed by atoms with Crippen molar-refractivity contribution in [1.82, 2.24) is 9.97 Å². The number of aromatic nitrogens is 2. The number of para-hydroxylation sites is 1. The molecule has 120 valence electrons. The Labute approximate surface area is 138 Å². The summed E-state index contributed by atoms with van der Waals surface area (Å²) in [6.07, 6.45) is 2.85. The monoisotopic (exact) mass is 322 g/mol. The predicted molar refractivity (Wildman–Crippen MR) is 90.2 cm³/mol. The van der Waals surface area contributed by atoms with Crippen LogP contribution in [0.1, 0.15) is 15.9 Å². The molecule has 0 radical (unpaired) electrons. The molecule has 5 nitrogen and oxygen atoms in total. The molecule has 1 heterocycles. The van der Waals surface area contributed by atoms with E-state index < -0.39 is 0 Å². The van der Waals surface area contributed by atoms with Crippen molar-refractivity contribution < 1.29 is 9.18 Å². The molecule has 0 fully saturated rings. The van der Waals surface area contributed by atoms with E-state index in [2.05, 4.69) is 20.6 Å². The fourth-order valence-electron chi connectivity index (χ4n) is 2.08. The molecule has 1 aromatic heterocycles. The van der Waals surface area contributed by atoms with Crippen LogP contribution in [0.4, 0.5) is 16.0 Å². The summed E-state index contributed by atoms with van der Waals surface area (Å²) in [5, 5.41) is 5.68. The molecule has 0 aliphatic carbocycles. The maximum Gasteiger partial charge on any atom is 0.258 e. The summed E-state index contributed by atoms with van der Waals surface area (Å²) < 4.78 is 13.5. The molecule has 0 atom stereocenters. The highest BCUT2D eigenvalue weighted by atomic mass is 19.1. The van der Waals surface area contributed by atoms with E-state index in [9.17, 15) is 9.18 Å². The standard InChI is InChI=1S/C18H15FN4O/c19-16-9-5-4-6-13(16)10-20-18-21-11-14(12-22-18)17(24)23-15-7-2-1-3-8-15/h1-9,11-12H,10H2,(H,23,24)(H,20,21,22). The molecule has 0 saturated heterocycles. The summed E-state index contributed by atoms with van der Waals surface area (Å²) in [7, 11) is 0. The molecule has 6 heteroatoms. The number of benzene rings is 2. The normalized spacial score (nSPS) is 10.2. The number of nitrogens with zero attached hydrogens (tertiary/aromatic N) is 2. The van der Waals surface area contributed by atoms with Crippen LogP contribution in [0, 0.1) is 5.82 Å². The van der Waals surface area contributed by atoms with E-state index in [0.29, 0.717) is 22.8 Å². The zero-order chi connectivity index (χ0) is 16.8. The lowest BCUT2D eigenvalue weighted by atomic mass is 10.2. The van der Waals surface area contributed by atoms with Crippen molar-refractivity contribution in [1.29, 1.82) is 0 Å². The predicted octanol–water partition coefficient (Wildman–Crippen LogP) is 3.48. The minimum Gasteiger partial charge on any atom is -0.350 e. The molecule has 0 spiro atoms. The van der Waals surface area contributed by atoms with Crippen LogP contribution >= 0.6 is 0 Å². The highest BCUT2D eigenvalue weighted by molar-refractivity contribution is 6.03. The topological polar surface area (TPSA) is 66.9 Å². The van der Waals surface area contributed by atoms with Crippen LogP contribution in [0.5, 0.6) is 0 Å². The van der Waals surface area contributed by atoms with Crippen LogP contribution < -0.4 is 10.6 Å². The first-order valence-electron chi connectivity index (χ1n) is 7.38. The fourth-order valence-corrected chi connectivity index (χ4v) is 2.08. The van der Waals surface area contributed by atoms with Crippen molar-refractivity contribution in [2.75, 3.05) is 10.6 Å². The first-order chi connectivity index (χ1) is 11.7. The largest absolute Gasteiger partial charge is 0.350 e. The quantitative estimate of drug-likeness (QED) is 0.755. The second-order valence-corrected chi connectivity index (χ2v) is 5.06. The average molecular weight is 322 g/mol. The summed E-state index contributed by atoms with van der Waals surface area (Å²) in [5.74, 6) is -0.250. The van der Waals surface area contributed by atoms with Gasteiger partial charge in [-0.1, -0.05) is 36.4 Å². The van der Waals surface area contributed by atoms with Gasteiger partial charge in [0.2, 0.25) is 5.95 Å². The van der Waals surface area contributed by atoms with Gasteiger partial charge in [0.25, 0.3) is 5.91 Å². The number of amides is 1. The van der Waals surface area contributed by atoms with E-state index in [0.717, 1.165) is 0 Å². The molecule has 2 aromatic carbocycles. The molecular weight excluding hydrogens is 307 g/mol. The third-order valence-electron chi connectivity index (χ3n) is 3.34. The van der Waals surface area contributed by atoms with Gasteiger partial charge < -0.3 is 10.6 Å². The Hall–Kier alpha value is -3.28. The Bertz CT molecular complexity index is 822. The number of nitrogens with one attached hydrogen (secondary N) is 2. The van der Waals surface area contributed by atoms with Crippen LogP contribution in [0.15, 0.2) is 67.0 Å². The van der Waals surface area contributed by atoms with Crippen LogP contribution in [0.3, 0.4) is 0 Å². The highest BCUT2D eigenvalue weighted by Gasteiger charge is 2.08. The molecule has 0 aliphatic rings. The molecule has 0 unspecified atom stereocenters. The van der Waals surface area contributed by atoms with Gasteiger partial charge in [0, 0.05) is 30.2 Å². The summed E-state index contributed by atoms with van der Waals surface area (Å²) >= 11 is 0. The van der Waals surface area contributed by atoms with Gasteiger partial charge in [0.05, 0.1) is 5.56 Å². The van der Waals surface area contributed by atoms with Crippen LogP contribution in [0.2, 0.25) is 0 Å². The number of carbonyl (C=O) groups excluding carboxylic acids is 1. The Kier molecular flexibility index (Phi) is 4.76. The lowest BCUT2D eigenvalue weighted by molar-refractivity contribution is 0.102. The first-order valence-corrected chi connectivity index (χ1v) is 7.38. The molecule has 1 amide bonds. The van der Waals surface area contributed by atoms with E-state index in [-0.39, 0.29) is 18.3 Å². The number of rotatable bonds is 5. The van der Waals surface area contributed by atoms with E-state index in [1.807, 2.05) is 18.2 Å².